The number of rotatable bonds is 8. The average molecular weight is 518 g/mol. The fourth-order valence-corrected chi connectivity index (χ4v) is 4.64. The first-order chi connectivity index (χ1) is 17.4. The summed E-state index contributed by atoms with van der Waals surface area (Å²) in [5.74, 6) is -4.35. The van der Waals surface area contributed by atoms with Gasteiger partial charge in [0.1, 0.15) is 17.7 Å². The van der Waals surface area contributed by atoms with Crippen LogP contribution in [0.5, 0.6) is 0 Å². The van der Waals surface area contributed by atoms with Crippen molar-refractivity contribution >= 4 is 19.1 Å². The van der Waals surface area contributed by atoms with E-state index in [-0.39, 0.29) is 31.5 Å². The Kier molecular flexibility index (Phi) is 9.28. The lowest BCUT2D eigenvalue weighted by atomic mass is 9.76. The lowest BCUT2D eigenvalue weighted by Gasteiger charge is -2.35. The molecule has 2 saturated heterocycles. The van der Waals surface area contributed by atoms with Crippen molar-refractivity contribution in [1.82, 2.24) is 15.1 Å². The normalized spacial score (nSPS) is 21.2. The van der Waals surface area contributed by atoms with Gasteiger partial charge in [0.05, 0.1) is 19.0 Å². The van der Waals surface area contributed by atoms with Crippen LogP contribution in [-0.4, -0.2) is 88.7 Å². The molecule has 0 spiro atoms. The molecule has 0 aromatic heterocycles. The highest BCUT2D eigenvalue weighted by Gasteiger charge is 2.43. The van der Waals surface area contributed by atoms with Gasteiger partial charge < -0.3 is 25.0 Å². The number of nitrogens with one attached hydrogen (secondary N) is 1. The second kappa shape index (κ2) is 12.0. The van der Waals surface area contributed by atoms with Crippen LogP contribution in [0, 0.1) is 11.3 Å². The summed E-state index contributed by atoms with van der Waals surface area (Å²) in [6.07, 6.45) is 0.842. The van der Waals surface area contributed by atoms with E-state index in [1.165, 1.54) is 11.0 Å². The minimum atomic E-state index is -2.80. The Morgan fingerprint density at radius 3 is 2.62 bits per heavy atom. The van der Waals surface area contributed by atoms with E-state index in [1.807, 2.05) is 12.1 Å². The molecule has 2 heterocycles. The molecule has 3 N–H and O–H groups in total. The third kappa shape index (κ3) is 7.99. The van der Waals surface area contributed by atoms with Crippen LogP contribution in [0.25, 0.3) is 0 Å². The highest BCUT2D eigenvalue weighted by atomic mass is 19.3. The zero-order chi connectivity index (χ0) is 27.2. The van der Waals surface area contributed by atoms with Gasteiger partial charge in [0, 0.05) is 25.0 Å². The summed E-state index contributed by atoms with van der Waals surface area (Å²) in [4.78, 5) is 28.5. The van der Waals surface area contributed by atoms with Crippen molar-refractivity contribution in [2.45, 2.75) is 63.0 Å². The van der Waals surface area contributed by atoms with Gasteiger partial charge in [0.25, 0.3) is 11.8 Å². The molecule has 0 saturated carbocycles. The molecular weight excluding hydrogens is 485 g/mol. The SMILES string of the molecule is CC(C)(C=C(C#N)C(=O)N1CCC[C@H](OC(=O)NC(Cc2ccccc2)B(O)O)C1)N1CCC(F)(F)C1. The Morgan fingerprint density at radius 2 is 2.03 bits per heavy atom. The van der Waals surface area contributed by atoms with Crippen molar-refractivity contribution in [2.75, 3.05) is 26.2 Å². The largest absolute Gasteiger partial charge is 0.475 e. The molecule has 0 aliphatic carbocycles. The Bertz CT molecular complexity index is 1030. The van der Waals surface area contributed by atoms with Gasteiger partial charge in [-0.2, -0.15) is 5.26 Å². The minimum Gasteiger partial charge on any atom is -0.444 e. The zero-order valence-electron chi connectivity index (χ0n) is 21.1. The molecule has 1 aromatic carbocycles. The molecular formula is C25H33BF2N4O5. The highest BCUT2D eigenvalue weighted by Crippen LogP contribution is 2.33. The molecule has 2 atom stereocenters. The number of hydrogen-bond acceptors (Lipinski definition) is 7. The molecule has 9 nitrogen and oxygen atoms in total. The third-order valence-electron chi connectivity index (χ3n) is 6.73. The van der Waals surface area contributed by atoms with Crippen LogP contribution in [0.3, 0.4) is 0 Å². The number of carbonyl (C=O) groups excluding carboxylic acids is 2. The van der Waals surface area contributed by atoms with Gasteiger partial charge in [-0.1, -0.05) is 30.3 Å². The van der Waals surface area contributed by atoms with Crippen LogP contribution in [-0.2, 0) is 16.0 Å². The van der Waals surface area contributed by atoms with Gasteiger partial charge in [0.15, 0.2) is 0 Å². The summed E-state index contributed by atoms with van der Waals surface area (Å²) in [5.41, 5.74) is -0.283. The molecule has 37 heavy (non-hydrogen) atoms. The summed E-state index contributed by atoms with van der Waals surface area (Å²) < 4.78 is 32.8. The van der Waals surface area contributed by atoms with Crippen LogP contribution in [0.4, 0.5) is 13.6 Å². The van der Waals surface area contributed by atoms with Gasteiger partial charge in [-0.15, -0.1) is 0 Å². The Labute approximate surface area is 215 Å². The maximum atomic E-state index is 13.7. The number of amides is 2. The van der Waals surface area contributed by atoms with Crippen molar-refractivity contribution in [3.8, 4) is 6.07 Å². The number of hydrogen-bond donors (Lipinski definition) is 3. The van der Waals surface area contributed by atoms with Crippen LogP contribution in [0.15, 0.2) is 42.0 Å². The van der Waals surface area contributed by atoms with Crippen molar-refractivity contribution in [3.05, 3.63) is 47.5 Å². The van der Waals surface area contributed by atoms with E-state index in [9.17, 15) is 33.7 Å². The average Bonchev–Trinajstić information content (AvgIpc) is 3.23. The molecule has 3 rings (SSSR count). The van der Waals surface area contributed by atoms with Gasteiger partial charge in [0.2, 0.25) is 0 Å². The van der Waals surface area contributed by atoms with E-state index in [1.54, 1.807) is 43.0 Å². The van der Waals surface area contributed by atoms with Gasteiger partial charge >= 0.3 is 13.2 Å². The Hall–Kier alpha value is -3.01. The van der Waals surface area contributed by atoms with Crippen molar-refractivity contribution < 1.29 is 33.2 Å². The molecule has 2 amide bonds. The van der Waals surface area contributed by atoms with Crippen LogP contribution < -0.4 is 5.32 Å². The number of benzene rings is 1. The lowest BCUT2D eigenvalue weighted by molar-refractivity contribution is -0.129. The van der Waals surface area contributed by atoms with Crippen LogP contribution in [0.2, 0.25) is 0 Å². The molecule has 2 fully saturated rings. The lowest BCUT2D eigenvalue weighted by Crippen LogP contribution is -2.50. The quantitative estimate of drug-likeness (QED) is 0.273. The van der Waals surface area contributed by atoms with E-state index >= 15 is 0 Å². The van der Waals surface area contributed by atoms with Gasteiger partial charge in [-0.3, -0.25) is 9.69 Å². The number of likely N-dealkylation sites (tertiary alicyclic amines) is 2. The number of ether oxygens (including phenoxy) is 1. The number of alkyl carbamates (subject to hydrolysis) is 1. The first kappa shape index (κ1) is 28.6. The molecule has 2 aliphatic rings. The molecule has 12 heteroatoms. The van der Waals surface area contributed by atoms with E-state index in [2.05, 4.69) is 5.32 Å². The predicted octanol–water partition coefficient (Wildman–Crippen LogP) is 1.90. The molecule has 1 unspecified atom stereocenters. The second-order valence-electron chi connectivity index (χ2n) is 10.1. The summed E-state index contributed by atoms with van der Waals surface area (Å²) in [5, 5.41) is 31.5. The predicted molar refractivity (Wildman–Crippen MR) is 132 cm³/mol. The second-order valence-corrected chi connectivity index (χ2v) is 10.1. The molecule has 0 bridgehead atoms. The maximum absolute atomic E-state index is 13.7. The Morgan fingerprint density at radius 1 is 1.32 bits per heavy atom. The van der Waals surface area contributed by atoms with Gasteiger partial charge in [-0.05, 0) is 44.7 Å². The van der Waals surface area contributed by atoms with Crippen molar-refractivity contribution in [3.63, 3.8) is 0 Å². The molecule has 0 radical (unpaired) electrons. The zero-order valence-corrected chi connectivity index (χ0v) is 21.1. The smallest absolute Gasteiger partial charge is 0.444 e. The van der Waals surface area contributed by atoms with Crippen molar-refractivity contribution in [1.29, 1.82) is 5.26 Å². The minimum absolute atomic E-state index is 0.0541. The van der Waals surface area contributed by atoms with E-state index < -0.39 is 49.2 Å². The molecule has 200 valence electrons. The summed E-state index contributed by atoms with van der Waals surface area (Å²) in [6, 6.07) is 10.9. The van der Waals surface area contributed by atoms with E-state index in [0.717, 1.165) is 5.56 Å². The molecule has 1 aromatic rings. The first-order valence-electron chi connectivity index (χ1n) is 12.3. The standard InChI is InChI=1S/C25H33BF2N4O5/c1-24(2,32-12-10-25(27,28)17-32)14-19(15-29)22(33)31-11-6-9-20(16-31)37-23(34)30-21(26(35)36)13-18-7-4-3-5-8-18/h3-5,7-8,14,20-21,35-36H,6,9-13,16-17H2,1-2H3,(H,30,34)/t20-,21?/m0/s1. The topological polar surface area (TPSA) is 126 Å². The fraction of sp³-hybridized carbons (Fsp3) is 0.560. The summed E-state index contributed by atoms with van der Waals surface area (Å²) in [6.45, 7) is 3.50. The number of halogens is 2. The van der Waals surface area contributed by atoms with Gasteiger partial charge in [-0.25, -0.2) is 13.6 Å². The number of nitrogens with zero attached hydrogens (tertiary/aromatic N) is 3. The summed E-state index contributed by atoms with van der Waals surface area (Å²) in [7, 11) is -1.81. The number of piperidine rings is 1. The monoisotopic (exact) mass is 518 g/mol. The van der Waals surface area contributed by atoms with Crippen LogP contribution in [0.1, 0.15) is 38.7 Å². The fourth-order valence-electron chi connectivity index (χ4n) is 4.64. The summed E-state index contributed by atoms with van der Waals surface area (Å²) >= 11 is 0. The number of nitriles is 1. The third-order valence-corrected chi connectivity index (χ3v) is 6.73. The van der Waals surface area contributed by atoms with E-state index in [4.69, 9.17) is 4.74 Å². The highest BCUT2D eigenvalue weighted by molar-refractivity contribution is 6.43. The maximum Gasteiger partial charge on any atom is 0.475 e. The first-order valence-corrected chi connectivity index (χ1v) is 12.3. The van der Waals surface area contributed by atoms with Crippen molar-refractivity contribution in [2.24, 2.45) is 0 Å². The van der Waals surface area contributed by atoms with E-state index in [0.29, 0.717) is 19.4 Å². The molecule has 2 aliphatic heterocycles. The Balaban J connectivity index is 1.59. The van der Waals surface area contributed by atoms with Crippen LogP contribution >= 0.6 is 0 Å². The number of carbonyl (C=O) groups is 2. The number of alkyl halides is 2.